The van der Waals surface area contributed by atoms with Crippen molar-refractivity contribution >= 4 is 39.0 Å². The fraction of sp³-hybridized carbons (Fsp3) is 0. The summed E-state index contributed by atoms with van der Waals surface area (Å²) in [6.07, 6.45) is 1.56. The van der Waals surface area contributed by atoms with E-state index in [1.165, 1.54) is 0 Å². The van der Waals surface area contributed by atoms with Crippen LogP contribution >= 0.6 is 15.9 Å². The number of aromatic nitrogens is 1. The second kappa shape index (κ2) is 7.60. The Balaban J connectivity index is 1.70. The van der Waals surface area contributed by atoms with Gasteiger partial charge in [0.05, 0.1) is 23.1 Å². The van der Waals surface area contributed by atoms with Gasteiger partial charge in [-0.15, -0.1) is 0 Å². The van der Waals surface area contributed by atoms with E-state index in [1.807, 2.05) is 18.2 Å². The molecular weight excluding hydrogens is 380 g/mol. The number of pyridine rings is 1. The van der Waals surface area contributed by atoms with Gasteiger partial charge in [-0.1, -0.05) is 34.1 Å². The van der Waals surface area contributed by atoms with Gasteiger partial charge in [0.15, 0.2) is 0 Å². The number of halogens is 1. The monoisotopic (exact) mass is 392 g/mol. The zero-order valence-corrected chi connectivity index (χ0v) is 14.6. The number of para-hydroxylation sites is 1. The molecule has 5 nitrogen and oxygen atoms in total. The van der Waals surface area contributed by atoms with Crippen LogP contribution in [0.25, 0.3) is 0 Å². The lowest BCUT2D eigenvalue weighted by Gasteiger charge is -2.09. The van der Waals surface area contributed by atoms with Crippen LogP contribution in [-0.4, -0.2) is 10.9 Å². The summed E-state index contributed by atoms with van der Waals surface area (Å²) >= 11 is 3.35. The highest BCUT2D eigenvalue weighted by atomic mass is 79.9. The lowest BCUT2D eigenvalue weighted by molar-refractivity contribution is 0.102. The highest BCUT2D eigenvalue weighted by Gasteiger charge is 2.07. The smallest absolute Gasteiger partial charge is 0.255 e. The fourth-order valence-electron chi connectivity index (χ4n) is 2.20. The van der Waals surface area contributed by atoms with Crippen LogP contribution in [0.2, 0.25) is 0 Å². The highest BCUT2D eigenvalue weighted by molar-refractivity contribution is 9.10. The second-order valence-electron chi connectivity index (χ2n) is 5.18. The average Bonchev–Trinajstić information content (AvgIpc) is 2.64. The largest absolute Gasteiger partial charge is 0.339 e. The molecule has 3 rings (SSSR count). The molecular formula is C19H13BrN4O. The van der Waals surface area contributed by atoms with E-state index in [0.717, 1.165) is 4.47 Å². The van der Waals surface area contributed by atoms with Gasteiger partial charge in [-0.05, 0) is 42.5 Å². The molecule has 0 bridgehead atoms. The second-order valence-corrected chi connectivity index (χ2v) is 6.09. The summed E-state index contributed by atoms with van der Waals surface area (Å²) < 4.78 is 0.842. The van der Waals surface area contributed by atoms with Gasteiger partial charge in [0.2, 0.25) is 0 Å². The number of nitrogens with one attached hydrogen (secondary N) is 2. The quantitative estimate of drug-likeness (QED) is 0.673. The normalized spacial score (nSPS) is 9.92. The molecule has 3 aromatic rings. The zero-order chi connectivity index (χ0) is 17.6. The molecule has 1 heterocycles. The van der Waals surface area contributed by atoms with Crippen molar-refractivity contribution in [2.24, 2.45) is 0 Å². The van der Waals surface area contributed by atoms with Gasteiger partial charge in [-0.3, -0.25) is 4.79 Å². The number of nitriles is 1. The molecule has 6 heteroatoms. The predicted molar refractivity (Wildman–Crippen MR) is 101 cm³/mol. The van der Waals surface area contributed by atoms with Gasteiger partial charge in [0, 0.05) is 10.0 Å². The lowest BCUT2D eigenvalue weighted by Crippen LogP contribution is -2.12. The van der Waals surface area contributed by atoms with E-state index in [2.05, 4.69) is 37.6 Å². The molecule has 0 saturated carbocycles. The SMILES string of the molecule is N#Cc1ccccc1Nc1ccc(NC(=O)c2cccc(Br)c2)cn1. The predicted octanol–water partition coefficient (Wildman–Crippen LogP) is 4.71. The number of carbonyl (C=O) groups excluding carboxylic acids is 1. The number of amides is 1. The minimum absolute atomic E-state index is 0.210. The Kier molecular flexibility index (Phi) is 5.07. The van der Waals surface area contributed by atoms with Crippen molar-refractivity contribution in [2.75, 3.05) is 10.6 Å². The van der Waals surface area contributed by atoms with Crippen LogP contribution in [0.4, 0.5) is 17.2 Å². The third-order valence-electron chi connectivity index (χ3n) is 3.42. The van der Waals surface area contributed by atoms with Gasteiger partial charge in [0.1, 0.15) is 11.9 Å². The summed E-state index contributed by atoms with van der Waals surface area (Å²) in [4.78, 5) is 16.5. The fourth-order valence-corrected chi connectivity index (χ4v) is 2.60. The maximum atomic E-state index is 12.2. The van der Waals surface area contributed by atoms with Crippen LogP contribution in [0, 0.1) is 11.3 Å². The average molecular weight is 393 g/mol. The molecule has 0 saturated heterocycles. The summed E-state index contributed by atoms with van der Waals surface area (Å²) in [5, 5.41) is 15.0. The Bertz CT molecular complexity index is 948. The first-order valence-electron chi connectivity index (χ1n) is 7.45. The number of anilines is 3. The summed E-state index contributed by atoms with van der Waals surface area (Å²) in [6, 6.07) is 19.9. The maximum absolute atomic E-state index is 12.2. The molecule has 0 unspecified atom stereocenters. The summed E-state index contributed by atoms with van der Waals surface area (Å²) in [5.74, 6) is 0.377. The Labute approximate surface area is 153 Å². The van der Waals surface area contributed by atoms with Crippen molar-refractivity contribution in [3.05, 3.63) is 82.5 Å². The number of hydrogen-bond donors (Lipinski definition) is 2. The number of hydrogen-bond acceptors (Lipinski definition) is 4. The van der Waals surface area contributed by atoms with E-state index in [0.29, 0.717) is 28.3 Å². The van der Waals surface area contributed by atoms with Crippen LogP contribution in [0.15, 0.2) is 71.3 Å². The van der Waals surface area contributed by atoms with Gasteiger partial charge < -0.3 is 10.6 Å². The van der Waals surface area contributed by atoms with Crippen LogP contribution in [0.3, 0.4) is 0 Å². The molecule has 0 aliphatic rings. The molecule has 0 radical (unpaired) electrons. The van der Waals surface area contributed by atoms with Gasteiger partial charge >= 0.3 is 0 Å². The molecule has 0 aliphatic heterocycles. The minimum atomic E-state index is -0.210. The maximum Gasteiger partial charge on any atom is 0.255 e. The Morgan fingerprint density at radius 3 is 2.64 bits per heavy atom. The van der Waals surface area contributed by atoms with Crippen molar-refractivity contribution in [1.29, 1.82) is 5.26 Å². The molecule has 1 aromatic heterocycles. The van der Waals surface area contributed by atoms with E-state index in [9.17, 15) is 4.79 Å². The summed E-state index contributed by atoms with van der Waals surface area (Å²) in [7, 11) is 0. The standard InChI is InChI=1S/C19H13BrN4O/c20-15-6-3-5-13(10-15)19(25)23-16-8-9-18(22-12-16)24-17-7-2-1-4-14(17)11-21/h1-10,12H,(H,22,24)(H,23,25). The Morgan fingerprint density at radius 2 is 1.92 bits per heavy atom. The zero-order valence-electron chi connectivity index (χ0n) is 13.0. The third-order valence-corrected chi connectivity index (χ3v) is 3.91. The van der Waals surface area contributed by atoms with Crippen molar-refractivity contribution in [2.45, 2.75) is 0 Å². The van der Waals surface area contributed by atoms with Gasteiger partial charge in [-0.2, -0.15) is 5.26 Å². The van der Waals surface area contributed by atoms with Gasteiger partial charge in [0.25, 0.3) is 5.91 Å². The minimum Gasteiger partial charge on any atom is -0.339 e. The van der Waals surface area contributed by atoms with E-state index in [1.54, 1.807) is 48.7 Å². The first-order valence-corrected chi connectivity index (χ1v) is 8.24. The molecule has 1 amide bonds. The van der Waals surface area contributed by atoms with E-state index in [-0.39, 0.29) is 5.91 Å². The molecule has 25 heavy (non-hydrogen) atoms. The van der Waals surface area contributed by atoms with Crippen LogP contribution in [0.1, 0.15) is 15.9 Å². The van der Waals surface area contributed by atoms with Crippen molar-refractivity contribution in [3.8, 4) is 6.07 Å². The first-order chi connectivity index (χ1) is 12.2. The van der Waals surface area contributed by atoms with E-state index in [4.69, 9.17) is 5.26 Å². The molecule has 0 fully saturated rings. The number of carbonyl (C=O) groups is 1. The van der Waals surface area contributed by atoms with Crippen molar-refractivity contribution in [3.63, 3.8) is 0 Å². The number of rotatable bonds is 4. The van der Waals surface area contributed by atoms with Crippen LogP contribution in [0.5, 0.6) is 0 Å². The van der Waals surface area contributed by atoms with Crippen molar-refractivity contribution < 1.29 is 4.79 Å². The molecule has 2 N–H and O–H groups in total. The topological polar surface area (TPSA) is 77.8 Å². The van der Waals surface area contributed by atoms with Crippen LogP contribution in [-0.2, 0) is 0 Å². The Hall–Kier alpha value is -3.17. The third kappa shape index (κ3) is 4.22. The Morgan fingerprint density at radius 1 is 1.08 bits per heavy atom. The summed E-state index contributed by atoms with van der Waals surface area (Å²) in [6.45, 7) is 0. The van der Waals surface area contributed by atoms with E-state index < -0.39 is 0 Å². The van der Waals surface area contributed by atoms with E-state index >= 15 is 0 Å². The number of benzene rings is 2. The van der Waals surface area contributed by atoms with Crippen molar-refractivity contribution in [1.82, 2.24) is 4.98 Å². The molecule has 122 valence electrons. The molecule has 0 aliphatic carbocycles. The molecule has 0 spiro atoms. The highest BCUT2D eigenvalue weighted by Crippen LogP contribution is 2.20. The molecule has 0 atom stereocenters. The van der Waals surface area contributed by atoms with Gasteiger partial charge in [-0.25, -0.2) is 4.98 Å². The summed E-state index contributed by atoms with van der Waals surface area (Å²) in [5.41, 5.74) is 2.36. The first kappa shape index (κ1) is 16.7. The molecule has 2 aromatic carbocycles. The van der Waals surface area contributed by atoms with Crippen LogP contribution < -0.4 is 10.6 Å². The lowest BCUT2D eigenvalue weighted by atomic mass is 10.2. The number of nitrogens with zero attached hydrogens (tertiary/aromatic N) is 2.